The summed E-state index contributed by atoms with van der Waals surface area (Å²) in [5.41, 5.74) is 0.666. The molecule has 1 saturated heterocycles. The van der Waals surface area contributed by atoms with Gasteiger partial charge in [0, 0.05) is 20.6 Å². The van der Waals surface area contributed by atoms with Crippen molar-refractivity contribution < 1.29 is 9.21 Å². The molecule has 3 heterocycles. The lowest BCUT2D eigenvalue weighted by Gasteiger charge is -2.26. The number of anilines is 2. The van der Waals surface area contributed by atoms with Crippen LogP contribution in [0.5, 0.6) is 0 Å². The van der Waals surface area contributed by atoms with Crippen LogP contribution in [0.2, 0.25) is 0 Å². The summed E-state index contributed by atoms with van der Waals surface area (Å²) in [7, 11) is 3.85. The van der Waals surface area contributed by atoms with Crippen molar-refractivity contribution >= 4 is 17.5 Å². The minimum absolute atomic E-state index is 0.0671. The molecule has 25 heavy (non-hydrogen) atoms. The molecule has 7 heteroatoms. The highest BCUT2D eigenvalue weighted by Crippen LogP contribution is 2.24. The first-order valence-corrected chi connectivity index (χ1v) is 8.59. The third-order valence-electron chi connectivity index (χ3n) is 4.37. The Hall–Kier alpha value is -2.54. The van der Waals surface area contributed by atoms with E-state index >= 15 is 0 Å². The van der Waals surface area contributed by atoms with Gasteiger partial charge >= 0.3 is 6.03 Å². The summed E-state index contributed by atoms with van der Waals surface area (Å²) < 4.78 is 5.57. The van der Waals surface area contributed by atoms with Crippen LogP contribution in [0.3, 0.4) is 0 Å². The fourth-order valence-corrected chi connectivity index (χ4v) is 3.03. The van der Waals surface area contributed by atoms with Gasteiger partial charge in [0.25, 0.3) is 0 Å². The number of urea groups is 1. The topological polar surface area (TPSA) is 73.6 Å². The molecule has 1 aliphatic heterocycles. The Kier molecular flexibility index (Phi) is 5.55. The van der Waals surface area contributed by atoms with Gasteiger partial charge in [0.1, 0.15) is 11.6 Å². The number of amides is 2. The highest BCUT2D eigenvalue weighted by Gasteiger charge is 2.25. The van der Waals surface area contributed by atoms with E-state index in [-0.39, 0.29) is 12.1 Å². The Morgan fingerprint density at radius 3 is 2.72 bits per heavy atom. The zero-order valence-corrected chi connectivity index (χ0v) is 14.7. The molecule has 0 unspecified atom stereocenters. The van der Waals surface area contributed by atoms with Crippen molar-refractivity contribution in [1.82, 2.24) is 15.2 Å². The average Bonchev–Trinajstić information content (AvgIpc) is 3.29. The van der Waals surface area contributed by atoms with Crippen LogP contribution < -0.4 is 15.5 Å². The maximum atomic E-state index is 12.2. The van der Waals surface area contributed by atoms with Crippen molar-refractivity contribution in [3.63, 3.8) is 0 Å². The van der Waals surface area contributed by atoms with Crippen molar-refractivity contribution in [2.45, 2.75) is 18.9 Å². The molecule has 0 spiro atoms. The molecule has 2 aromatic rings. The van der Waals surface area contributed by atoms with Crippen LogP contribution in [0.1, 0.15) is 24.6 Å². The molecule has 0 saturated carbocycles. The molecule has 2 aromatic heterocycles. The zero-order valence-electron chi connectivity index (χ0n) is 14.7. The minimum Gasteiger partial charge on any atom is -0.468 e. The number of hydrogen-bond acceptors (Lipinski definition) is 5. The predicted octanol–water partition coefficient (Wildman–Crippen LogP) is 2.70. The Bertz CT molecular complexity index is 663. The van der Waals surface area contributed by atoms with Gasteiger partial charge in [0.05, 0.1) is 24.2 Å². The first-order chi connectivity index (χ1) is 12.1. The van der Waals surface area contributed by atoms with E-state index in [1.54, 1.807) is 12.5 Å². The molecule has 0 radical (unpaired) electrons. The fraction of sp³-hybridized carbons (Fsp3) is 0.444. The lowest BCUT2D eigenvalue weighted by Crippen LogP contribution is -2.38. The lowest BCUT2D eigenvalue weighted by molar-refractivity contribution is 0.207. The van der Waals surface area contributed by atoms with E-state index in [2.05, 4.69) is 20.5 Å². The second-order valence-electron chi connectivity index (χ2n) is 6.41. The van der Waals surface area contributed by atoms with Crippen molar-refractivity contribution in [3.05, 3.63) is 42.5 Å². The average molecular weight is 343 g/mol. The summed E-state index contributed by atoms with van der Waals surface area (Å²) in [5, 5.41) is 5.76. The summed E-state index contributed by atoms with van der Waals surface area (Å²) in [4.78, 5) is 20.8. The van der Waals surface area contributed by atoms with Crippen LogP contribution in [-0.2, 0) is 0 Å². The standard InChI is InChI=1S/C18H25N5O2/c1-22(2)17-8-7-14(12-19-17)21-18(24)20-13-15(16-6-5-11-25-16)23-9-3-4-10-23/h5-8,11-12,15H,3-4,9-10,13H2,1-2H3,(H2,20,21,24)/t15-/m1/s1. The first-order valence-electron chi connectivity index (χ1n) is 8.59. The molecule has 0 bridgehead atoms. The fourth-order valence-electron chi connectivity index (χ4n) is 3.03. The maximum absolute atomic E-state index is 12.2. The van der Waals surface area contributed by atoms with E-state index in [9.17, 15) is 4.79 Å². The predicted molar refractivity (Wildman–Crippen MR) is 97.8 cm³/mol. The molecule has 0 aliphatic carbocycles. The molecule has 1 aliphatic rings. The van der Waals surface area contributed by atoms with E-state index in [0.29, 0.717) is 12.2 Å². The van der Waals surface area contributed by atoms with Gasteiger partial charge in [-0.15, -0.1) is 0 Å². The molecule has 3 rings (SSSR count). The SMILES string of the molecule is CN(C)c1ccc(NC(=O)NC[C@H](c2ccco2)N2CCCC2)cn1. The molecule has 1 atom stereocenters. The number of likely N-dealkylation sites (tertiary alicyclic amines) is 1. The molecule has 134 valence electrons. The zero-order chi connectivity index (χ0) is 17.6. The van der Waals surface area contributed by atoms with E-state index in [1.807, 2.05) is 43.3 Å². The third-order valence-corrected chi connectivity index (χ3v) is 4.37. The molecule has 0 aromatic carbocycles. The number of furan rings is 1. The summed E-state index contributed by atoms with van der Waals surface area (Å²) in [5.74, 6) is 1.73. The van der Waals surface area contributed by atoms with Crippen LogP contribution in [-0.4, -0.2) is 49.6 Å². The Morgan fingerprint density at radius 1 is 1.32 bits per heavy atom. The summed E-state index contributed by atoms with van der Waals surface area (Å²) in [6.45, 7) is 2.57. The summed E-state index contributed by atoms with van der Waals surface area (Å²) in [6.07, 6.45) is 5.70. The van der Waals surface area contributed by atoms with Crippen LogP contribution in [0.4, 0.5) is 16.3 Å². The van der Waals surface area contributed by atoms with Crippen molar-refractivity contribution in [2.24, 2.45) is 0 Å². The van der Waals surface area contributed by atoms with Crippen LogP contribution in [0, 0.1) is 0 Å². The second kappa shape index (κ2) is 8.02. The number of pyridine rings is 1. The van der Waals surface area contributed by atoms with Gasteiger partial charge in [-0.25, -0.2) is 9.78 Å². The second-order valence-corrected chi connectivity index (χ2v) is 6.41. The van der Waals surface area contributed by atoms with E-state index in [0.717, 1.165) is 24.7 Å². The number of nitrogens with one attached hydrogen (secondary N) is 2. The van der Waals surface area contributed by atoms with E-state index in [4.69, 9.17) is 4.42 Å². The van der Waals surface area contributed by atoms with Crippen molar-refractivity contribution in [1.29, 1.82) is 0 Å². The quantitative estimate of drug-likeness (QED) is 0.844. The third kappa shape index (κ3) is 4.51. The molecule has 2 N–H and O–H groups in total. The van der Waals surface area contributed by atoms with Crippen molar-refractivity contribution in [2.75, 3.05) is 43.9 Å². The Balaban J connectivity index is 1.56. The molecule has 1 fully saturated rings. The largest absolute Gasteiger partial charge is 0.468 e. The van der Waals surface area contributed by atoms with Gasteiger partial charge in [0.2, 0.25) is 0 Å². The summed E-state index contributed by atoms with van der Waals surface area (Å²) >= 11 is 0. The number of hydrogen-bond donors (Lipinski definition) is 2. The number of aromatic nitrogens is 1. The normalized spacial score (nSPS) is 15.8. The molecule has 2 amide bonds. The van der Waals surface area contributed by atoms with Gasteiger partial charge < -0.3 is 20.0 Å². The molecule has 7 nitrogen and oxygen atoms in total. The Labute approximate surface area is 148 Å². The van der Waals surface area contributed by atoms with Crippen molar-refractivity contribution in [3.8, 4) is 0 Å². The number of carbonyl (C=O) groups excluding carboxylic acids is 1. The van der Waals surface area contributed by atoms with E-state index < -0.39 is 0 Å². The van der Waals surface area contributed by atoms with E-state index in [1.165, 1.54) is 12.8 Å². The van der Waals surface area contributed by atoms with Gasteiger partial charge in [-0.3, -0.25) is 4.90 Å². The molecular weight excluding hydrogens is 318 g/mol. The smallest absolute Gasteiger partial charge is 0.319 e. The highest BCUT2D eigenvalue weighted by molar-refractivity contribution is 5.89. The maximum Gasteiger partial charge on any atom is 0.319 e. The highest BCUT2D eigenvalue weighted by atomic mass is 16.3. The van der Waals surface area contributed by atoms with Gasteiger partial charge in [-0.05, 0) is 50.2 Å². The number of carbonyl (C=O) groups is 1. The summed E-state index contributed by atoms with van der Waals surface area (Å²) in [6, 6.07) is 7.38. The van der Waals surface area contributed by atoms with Gasteiger partial charge in [-0.1, -0.05) is 0 Å². The minimum atomic E-state index is -0.241. The van der Waals surface area contributed by atoms with Crippen LogP contribution in [0.25, 0.3) is 0 Å². The van der Waals surface area contributed by atoms with Gasteiger partial charge in [-0.2, -0.15) is 0 Å². The van der Waals surface area contributed by atoms with Crippen LogP contribution in [0.15, 0.2) is 41.1 Å². The number of rotatable bonds is 6. The first kappa shape index (κ1) is 17.3. The van der Waals surface area contributed by atoms with Gasteiger partial charge in [0.15, 0.2) is 0 Å². The monoisotopic (exact) mass is 343 g/mol. The lowest BCUT2D eigenvalue weighted by atomic mass is 10.2. The number of nitrogens with zero attached hydrogens (tertiary/aromatic N) is 3. The molecular formula is C18H25N5O2. The van der Waals surface area contributed by atoms with Crippen LogP contribution >= 0.6 is 0 Å². The Morgan fingerprint density at radius 2 is 2.12 bits per heavy atom.